The van der Waals surface area contributed by atoms with Gasteiger partial charge in [0.15, 0.2) is 0 Å². The van der Waals surface area contributed by atoms with Crippen LogP contribution in [0.1, 0.15) is 19.4 Å². The van der Waals surface area contributed by atoms with Crippen molar-refractivity contribution in [1.29, 1.82) is 5.26 Å². The van der Waals surface area contributed by atoms with Gasteiger partial charge in [0.2, 0.25) is 0 Å². The minimum Gasteiger partial charge on any atom is -0.305 e. The molecule has 9 heteroatoms. The Hall–Kier alpha value is -0.320. The highest BCUT2D eigenvalue weighted by molar-refractivity contribution is 8.82. The van der Waals surface area contributed by atoms with Crippen LogP contribution in [0.25, 0.3) is 4.91 Å². The molecule has 25 heavy (non-hydrogen) atoms. The normalized spacial score (nSPS) is 16.9. The van der Waals surface area contributed by atoms with Crippen molar-refractivity contribution >= 4 is 57.5 Å². The van der Waals surface area contributed by atoms with Crippen molar-refractivity contribution in [2.45, 2.75) is 13.8 Å². The molecule has 1 aromatic rings. The Balaban J connectivity index is 2.59. The van der Waals surface area contributed by atoms with E-state index in [-0.39, 0.29) is 13.2 Å². The second-order valence-electron chi connectivity index (χ2n) is 4.66. The first-order chi connectivity index (χ1) is 12.0. The molecule has 0 aromatic heterocycles. The third kappa shape index (κ3) is 4.70. The number of nitriles is 1. The van der Waals surface area contributed by atoms with E-state index < -0.39 is 7.60 Å². The molecule has 0 unspecified atom stereocenters. The van der Waals surface area contributed by atoms with Crippen molar-refractivity contribution in [2.75, 3.05) is 19.5 Å². The molecule has 0 bridgehead atoms. The number of thioether (sulfide) groups is 1. The molecule has 0 radical (unpaired) electrons. The van der Waals surface area contributed by atoms with Gasteiger partial charge in [0.25, 0.3) is 0 Å². The van der Waals surface area contributed by atoms with E-state index in [2.05, 4.69) is 6.07 Å². The molecule has 1 heterocycles. The predicted molar refractivity (Wildman–Crippen MR) is 111 cm³/mol. The van der Waals surface area contributed by atoms with E-state index in [9.17, 15) is 9.83 Å². The fraction of sp³-hybridized carbons (Fsp3) is 0.312. The van der Waals surface area contributed by atoms with E-state index in [1.807, 2.05) is 18.4 Å². The van der Waals surface area contributed by atoms with Crippen molar-refractivity contribution < 1.29 is 13.6 Å². The molecule has 134 valence electrons. The number of benzene rings is 1. The molecule has 0 atom stereocenters. The van der Waals surface area contributed by atoms with Crippen LogP contribution < -0.4 is 0 Å². The number of hydrogen-bond donors (Lipinski definition) is 0. The Labute approximate surface area is 165 Å². The molecule has 1 aromatic carbocycles. The molecule has 0 N–H and O–H groups in total. The summed E-state index contributed by atoms with van der Waals surface area (Å²) in [5.41, 5.74) is 1.39. The zero-order valence-electron chi connectivity index (χ0n) is 13.9. The first kappa shape index (κ1) is 21.0. The van der Waals surface area contributed by atoms with Gasteiger partial charge in [-0.25, -0.2) is 0 Å². The maximum absolute atomic E-state index is 13.2. The lowest BCUT2D eigenvalue weighted by Gasteiger charge is -2.20. The van der Waals surface area contributed by atoms with Crippen LogP contribution in [0, 0.1) is 11.3 Å². The molecular formula is C16H17ClNO3PS3. The van der Waals surface area contributed by atoms with E-state index in [1.165, 1.54) is 33.3 Å². The Morgan fingerprint density at radius 2 is 1.84 bits per heavy atom. The lowest BCUT2D eigenvalue weighted by atomic mass is 10.1. The van der Waals surface area contributed by atoms with Gasteiger partial charge < -0.3 is 9.05 Å². The largest absolute Gasteiger partial charge is 0.368 e. The molecule has 0 fully saturated rings. The fourth-order valence-corrected chi connectivity index (χ4v) is 8.83. The van der Waals surface area contributed by atoms with Crippen LogP contribution in [0.2, 0.25) is 5.02 Å². The number of hydrogen-bond acceptors (Lipinski definition) is 7. The summed E-state index contributed by atoms with van der Waals surface area (Å²) in [5.74, 6) is 0. The van der Waals surface area contributed by atoms with E-state index >= 15 is 0 Å². The highest BCUT2D eigenvalue weighted by Gasteiger charge is 2.37. The fourth-order valence-electron chi connectivity index (χ4n) is 2.13. The lowest BCUT2D eigenvalue weighted by molar-refractivity contribution is 0.228. The number of allylic oxidation sites excluding steroid dienone is 1. The van der Waals surface area contributed by atoms with Gasteiger partial charge >= 0.3 is 7.60 Å². The van der Waals surface area contributed by atoms with Crippen molar-refractivity contribution in [3.05, 3.63) is 50.0 Å². The van der Waals surface area contributed by atoms with Gasteiger partial charge in [-0.05, 0) is 48.6 Å². The molecule has 1 aliphatic heterocycles. The van der Waals surface area contributed by atoms with Gasteiger partial charge in [-0.2, -0.15) is 5.26 Å². The standard InChI is InChI=1S/C16H17ClNO3PS3/c1-4-20-22(19,21-5-2)16(23-3)15-13(10-18)14(24-25-15)11-6-8-12(17)9-7-11/h6-9H,4-5H2,1-3H3/b16-15+. The van der Waals surface area contributed by atoms with E-state index in [0.717, 1.165) is 10.5 Å². The van der Waals surface area contributed by atoms with Crippen LogP contribution >= 0.6 is 52.5 Å². The van der Waals surface area contributed by atoms with Gasteiger partial charge in [0.1, 0.15) is 10.7 Å². The van der Waals surface area contributed by atoms with Crippen LogP contribution in [-0.2, 0) is 13.6 Å². The highest BCUT2D eigenvalue weighted by Crippen LogP contribution is 2.66. The van der Waals surface area contributed by atoms with Crippen molar-refractivity contribution in [3.63, 3.8) is 0 Å². The topological polar surface area (TPSA) is 59.3 Å². The minimum atomic E-state index is -3.45. The first-order valence-corrected chi connectivity index (χ1v) is 12.7. The summed E-state index contributed by atoms with van der Waals surface area (Å²) in [6.07, 6.45) is 1.81. The minimum absolute atomic E-state index is 0.266. The van der Waals surface area contributed by atoms with E-state index in [1.54, 1.807) is 26.0 Å². The van der Waals surface area contributed by atoms with Gasteiger partial charge in [-0.1, -0.05) is 34.5 Å². The van der Waals surface area contributed by atoms with Crippen LogP contribution in [0.15, 0.2) is 39.4 Å². The third-order valence-electron chi connectivity index (χ3n) is 3.12. The molecular weight excluding hydrogens is 417 g/mol. The van der Waals surface area contributed by atoms with Gasteiger partial charge in [-0.15, -0.1) is 11.8 Å². The second kappa shape index (κ2) is 9.57. The summed E-state index contributed by atoms with van der Waals surface area (Å²) in [4.78, 5) is 1.47. The Bertz CT molecular complexity index is 777. The molecule has 0 saturated carbocycles. The van der Waals surface area contributed by atoms with Crippen molar-refractivity contribution in [1.82, 2.24) is 0 Å². The number of rotatable bonds is 7. The van der Waals surface area contributed by atoms with Gasteiger partial charge in [0.05, 0.1) is 23.7 Å². The first-order valence-electron chi connectivity index (χ1n) is 7.43. The molecule has 4 nitrogen and oxygen atoms in total. The highest BCUT2D eigenvalue weighted by atomic mass is 35.5. The maximum atomic E-state index is 13.2. The average molecular weight is 434 g/mol. The van der Waals surface area contributed by atoms with Crippen LogP contribution in [0.4, 0.5) is 0 Å². The zero-order chi connectivity index (χ0) is 18.4. The Morgan fingerprint density at radius 1 is 1.24 bits per heavy atom. The monoisotopic (exact) mass is 433 g/mol. The summed E-state index contributed by atoms with van der Waals surface area (Å²) in [5, 5.41) is 10.4. The smallest absolute Gasteiger partial charge is 0.305 e. The molecule has 0 amide bonds. The van der Waals surface area contributed by atoms with Gasteiger partial charge in [-0.3, -0.25) is 4.57 Å². The molecule has 2 rings (SSSR count). The zero-order valence-corrected chi connectivity index (χ0v) is 18.0. The lowest BCUT2D eigenvalue weighted by Crippen LogP contribution is -1.99. The summed E-state index contributed by atoms with van der Waals surface area (Å²) in [6, 6.07) is 9.56. The van der Waals surface area contributed by atoms with Crippen LogP contribution in [0.3, 0.4) is 0 Å². The van der Waals surface area contributed by atoms with Crippen molar-refractivity contribution in [2.24, 2.45) is 0 Å². The summed E-state index contributed by atoms with van der Waals surface area (Å²) < 4.78 is 24.6. The predicted octanol–water partition coefficient (Wildman–Crippen LogP) is 6.77. The maximum Gasteiger partial charge on any atom is 0.368 e. The summed E-state index contributed by atoms with van der Waals surface area (Å²) >= 11 is 7.24. The molecule has 1 aliphatic rings. The molecule has 0 spiro atoms. The molecule has 0 aliphatic carbocycles. The van der Waals surface area contributed by atoms with Crippen LogP contribution in [0.5, 0.6) is 0 Å². The van der Waals surface area contributed by atoms with Crippen LogP contribution in [-0.4, -0.2) is 19.5 Å². The summed E-state index contributed by atoms with van der Waals surface area (Å²) in [7, 11) is -0.581. The Morgan fingerprint density at radius 3 is 2.32 bits per heavy atom. The average Bonchev–Trinajstić information content (AvgIpc) is 3.00. The van der Waals surface area contributed by atoms with E-state index in [0.29, 0.717) is 20.1 Å². The van der Waals surface area contributed by atoms with Gasteiger partial charge in [0, 0.05) is 9.93 Å². The molecule has 0 saturated heterocycles. The SMILES string of the molecule is CCOP(=O)(OCC)/C(SC)=C1\SSC(c2ccc(Cl)cc2)=C1C#N. The van der Waals surface area contributed by atoms with Crippen molar-refractivity contribution in [3.8, 4) is 6.07 Å². The second-order valence-corrected chi connectivity index (χ2v) is 10.3. The van der Waals surface area contributed by atoms with E-state index in [4.69, 9.17) is 20.6 Å². The quantitative estimate of drug-likeness (QED) is 0.347. The summed E-state index contributed by atoms with van der Waals surface area (Å²) in [6.45, 7) is 4.07. The number of nitrogens with zero attached hydrogens (tertiary/aromatic N) is 1. The number of halogens is 1. The third-order valence-corrected chi connectivity index (χ3v) is 9.89. The Kier molecular flexibility index (Phi) is 8.03.